The molecule has 2 N–H and O–H groups in total. The van der Waals surface area contributed by atoms with Gasteiger partial charge in [-0.15, -0.1) is 5.10 Å². The summed E-state index contributed by atoms with van der Waals surface area (Å²) < 4.78 is 27.2. The van der Waals surface area contributed by atoms with Crippen LogP contribution in [0.2, 0.25) is 0 Å². The topological polar surface area (TPSA) is 70.7 Å². The van der Waals surface area contributed by atoms with Gasteiger partial charge in [0.2, 0.25) is 5.95 Å². The molecule has 0 aliphatic carbocycles. The first-order valence-electron chi connectivity index (χ1n) is 4.82. The van der Waals surface area contributed by atoms with Crippen molar-refractivity contribution < 1.29 is 13.6 Å². The molecule has 1 aromatic carbocycles. The van der Waals surface area contributed by atoms with Gasteiger partial charge in [-0.2, -0.15) is 4.98 Å². The molecule has 2 rings (SSSR count). The second-order valence-corrected chi connectivity index (χ2v) is 4.36. The molecule has 0 spiro atoms. The molecule has 94 valence electrons. The van der Waals surface area contributed by atoms with Crippen LogP contribution >= 0.6 is 15.9 Å². The van der Waals surface area contributed by atoms with E-state index in [4.69, 9.17) is 0 Å². The quantitative estimate of drug-likeness (QED) is 0.893. The Balaban J connectivity index is 2.29. The molecule has 0 saturated carbocycles. The van der Waals surface area contributed by atoms with Crippen LogP contribution in [-0.4, -0.2) is 21.1 Å². The van der Waals surface area contributed by atoms with Gasteiger partial charge in [0, 0.05) is 4.47 Å². The number of nitrogens with zero attached hydrogens (tertiary/aromatic N) is 2. The number of hydrogen-bond donors (Lipinski definition) is 2. The van der Waals surface area contributed by atoms with Gasteiger partial charge in [0.1, 0.15) is 23.0 Å². The highest BCUT2D eigenvalue weighted by atomic mass is 79.9. The Hall–Kier alpha value is -1.83. The van der Waals surface area contributed by atoms with Gasteiger partial charge in [0.15, 0.2) is 0 Å². The first-order valence-corrected chi connectivity index (χ1v) is 5.61. The monoisotopic (exact) mass is 316 g/mol. The van der Waals surface area contributed by atoms with Gasteiger partial charge in [-0.1, -0.05) is 15.9 Å². The van der Waals surface area contributed by atoms with E-state index in [0.29, 0.717) is 5.82 Å². The van der Waals surface area contributed by atoms with E-state index in [1.54, 1.807) is 6.92 Å². The van der Waals surface area contributed by atoms with E-state index >= 15 is 0 Å². The van der Waals surface area contributed by atoms with E-state index in [1.165, 1.54) is 0 Å². The van der Waals surface area contributed by atoms with Crippen LogP contribution < -0.4 is 5.32 Å². The number of amides is 1. The van der Waals surface area contributed by atoms with Gasteiger partial charge >= 0.3 is 0 Å². The summed E-state index contributed by atoms with van der Waals surface area (Å²) in [5.41, 5.74) is -0.680. The summed E-state index contributed by atoms with van der Waals surface area (Å²) in [7, 11) is 0. The highest BCUT2D eigenvalue weighted by Crippen LogP contribution is 2.20. The second-order valence-electron chi connectivity index (χ2n) is 3.44. The van der Waals surface area contributed by atoms with Crippen LogP contribution in [0.1, 0.15) is 16.2 Å². The molecule has 2 aromatic rings. The zero-order chi connectivity index (χ0) is 13.3. The lowest BCUT2D eigenvalue weighted by atomic mass is 10.2. The molecule has 0 unspecified atom stereocenters. The first-order chi connectivity index (χ1) is 8.47. The number of hydrogen-bond acceptors (Lipinski definition) is 3. The Morgan fingerprint density at radius 2 is 2.00 bits per heavy atom. The Bertz CT molecular complexity index is 591. The number of halogens is 3. The van der Waals surface area contributed by atoms with Crippen molar-refractivity contribution in [3.63, 3.8) is 0 Å². The normalized spacial score (nSPS) is 10.4. The summed E-state index contributed by atoms with van der Waals surface area (Å²) in [5.74, 6) is -2.45. The summed E-state index contributed by atoms with van der Waals surface area (Å²) in [5, 5.41) is 8.32. The third-order valence-corrected chi connectivity index (χ3v) is 2.51. The fourth-order valence-electron chi connectivity index (χ4n) is 1.32. The summed E-state index contributed by atoms with van der Waals surface area (Å²) in [4.78, 5) is 15.5. The number of H-pyrrole nitrogens is 1. The van der Waals surface area contributed by atoms with Crippen molar-refractivity contribution in [3.05, 3.63) is 39.6 Å². The molecule has 1 aromatic heterocycles. The molecule has 0 saturated heterocycles. The molecule has 0 atom stereocenters. The number of rotatable bonds is 2. The van der Waals surface area contributed by atoms with Gasteiger partial charge in [0.05, 0.1) is 0 Å². The third kappa shape index (κ3) is 2.53. The average Bonchev–Trinajstić information content (AvgIpc) is 2.62. The Kier molecular flexibility index (Phi) is 3.37. The van der Waals surface area contributed by atoms with Crippen LogP contribution in [0, 0.1) is 18.6 Å². The maximum atomic E-state index is 13.5. The van der Waals surface area contributed by atoms with E-state index in [2.05, 4.69) is 36.4 Å². The maximum absolute atomic E-state index is 13.5. The lowest BCUT2D eigenvalue weighted by molar-refractivity contribution is 0.101. The molecular weight excluding hydrogens is 310 g/mol. The van der Waals surface area contributed by atoms with Crippen molar-refractivity contribution in [2.24, 2.45) is 0 Å². The van der Waals surface area contributed by atoms with Crippen molar-refractivity contribution in [2.45, 2.75) is 6.92 Å². The molecule has 18 heavy (non-hydrogen) atoms. The molecule has 1 heterocycles. The van der Waals surface area contributed by atoms with Crippen LogP contribution in [0.25, 0.3) is 0 Å². The van der Waals surface area contributed by atoms with Gasteiger partial charge in [-0.3, -0.25) is 15.2 Å². The van der Waals surface area contributed by atoms with Gasteiger partial charge < -0.3 is 0 Å². The molecular formula is C10H7BrF2N4O. The molecule has 0 radical (unpaired) electrons. The van der Waals surface area contributed by atoms with E-state index < -0.39 is 23.1 Å². The molecule has 0 bridgehead atoms. The van der Waals surface area contributed by atoms with E-state index in [-0.39, 0.29) is 10.4 Å². The summed E-state index contributed by atoms with van der Waals surface area (Å²) in [6.45, 7) is 1.63. The van der Waals surface area contributed by atoms with Crippen molar-refractivity contribution in [2.75, 3.05) is 5.32 Å². The Morgan fingerprint density at radius 3 is 2.50 bits per heavy atom. The van der Waals surface area contributed by atoms with Gasteiger partial charge in [-0.25, -0.2) is 8.78 Å². The number of aromatic nitrogens is 3. The number of aromatic amines is 1. The molecule has 1 amide bonds. The number of benzene rings is 1. The standard InChI is InChI=1S/C10H7BrF2N4O/c1-4-14-10(17-16-4)15-9(18)8-6(12)2-5(11)3-7(8)13/h2-3H,1H3,(H2,14,15,16,17,18). The number of nitrogens with one attached hydrogen (secondary N) is 2. The smallest absolute Gasteiger partial charge is 0.264 e. The number of anilines is 1. The fraction of sp³-hybridized carbons (Fsp3) is 0.100. The minimum atomic E-state index is -0.966. The van der Waals surface area contributed by atoms with E-state index in [1.807, 2.05) is 0 Å². The predicted octanol–water partition coefficient (Wildman–Crippen LogP) is 2.41. The Morgan fingerprint density at radius 1 is 1.39 bits per heavy atom. The maximum Gasteiger partial charge on any atom is 0.264 e. The fourth-order valence-corrected chi connectivity index (χ4v) is 1.72. The molecule has 5 nitrogen and oxygen atoms in total. The van der Waals surface area contributed by atoms with Crippen LogP contribution in [0.3, 0.4) is 0 Å². The Labute approximate surface area is 109 Å². The van der Waals surface area contributed by atoms with Gasteiger partial charge in [0.25, 0.3) is 5.91 Å². The summed E-state index contributed by atoms with van der Waals surface area (Å²) in [6.07, 6.45) is 0. The van der Waals surface area contributed by atoms with E-state index in [9.17, 15) is 13.6 Å². The van der Waals surface area contributed by atoms with Crippen molar-refractivity contribution in [1.82, 2.24) is 15.2 Å². The van der Waals surface area contributed by atoms with Crippen molar-refractivity contribution >= 4 is 27.8 Å². The summed E-state index contributed by atoms with van der Waals surface area (Å²) in [6, 6.07) is 2.00. The molecule has 0 aliphatic heterocycles. The second kappa shape index (κ2) is 4.81. The van der Waals surface area contributed by atoms with Crippen LogP contribution in [0.5, 0.6) is 0 Å². The number of aryl methyl sites for hydroxylation is 1. The van der Waals surface area contributed by atoms with Crippen LogP contribution in [0.4, 0.5) is 14.7 Å². The lowest BCUT2D eigenvalue weighted by Gasteiger charge is -2.04. The molecule has 0 fully saturated rings. The lowest BCUT2D eigenvalue weighted by Crippen LogP contribution is -2.16. The van der Waals surface area contributed by atoms with Crippen molar-refractivity contribution in [1.29, 1.82) is 0 Å². The average molecular weight is 317 g/mol. The SMILES string of the molecule is Cc1nc(NC(=O)c2c(F)cc(Br)cc2F)n[nH]1. The van der Waals surface area contributed by atoms with Crippen LogP contribution in [0.15, 0.2) is 16.6 Å². The van der Waals surface area contributed by atoms with Crippen molar-refractivity contribution in [3.8, 4) is 0 Å². The minimum Gasteiger partial charge on any atom is -0.289 e. The highest BCUT2D eigenvalue weighted by molar-refractivity contribution is 9.10. The summed E-state index contributed by atoms with van der Waals surface area (Å²) >= 11 is 2.92. The molecule has 0 aliphatic rings. The largest absolute Gasteiger partial charge is 0.289 e. The number of carbonyl (C=O) groups excluding carboxylic acids is 1. The van der Waals surface area contributed by atoms with E-state index in [0.717, 1.165) is 12.1 Å². The highest BCUT2D eigenvalue weighted by Gasteiger charge is 2.19. The molecule has 8 heteroatoms. The van der Waals surface area contributed by atoms with Gasteiger partial charge in [-0.05, 0) is 19.1 Å². The zero-order valence-electron chi connectivity index (χ0n) is 9.09. The number of carbonyl (C=O) groups is 1. The minimum absolute atomic E-state index is 0.0424. The zero-order valence-corrected chi connectivity index (χ0v) is 10.7. The van der Waals surface area contributed by atoms with Crippen LogP contribution in [-0.2, 0) is 0 Å². The third-order valence-electron chi connectivity index (χ3n) is 2.06. The predicted molar refractivity (Wildman–Crippen MR) is 63.1 cm³/mol. The first kappa shape index (κ1) is 12.6.